The molecule has 9 aromatic rings. The monoisotopic (exact) mass is 627 g/mol. The average molecular weight is 628 g/mol. The summed E-state index contributed by atoms with van der Waals surface area (Å²) in [5.41, 5.74) is 11.1. The van der Waals surface area contributed by atoms with E-state index in [0.717, 1.165) is 60.9 Å². The summed E-state index contributed by atoms with van der Waals surface area (Å²) in [5, 5.41) is 1.98. The molecule has 0 aliphatic rings. The second-order valence-corrected chi connectivity index (χ2v) is 12.0. The fourth-order valence-corrected chi connectivity index (χ4v) is 6.53. The fourth-order valence-electron chi connectivity index (χ4n) is 6.53. The van der Waals surface area contributed by atoms with E-state index in [9.17, 15) is 0 Å². The summed E-state index contributed by atoms with van der Waals surface area (Å²) in [6.45, 7) is 0. The van der Waals surface area contributed by atoms with Crippen LogP contribution in [0.5, 0.6) is 0 Å². The Morgan fingerprint density at radius 1 is 0.327 bits per heavy atom. The van der Waals surface area contributed by atoms with Crippen LogP contribution in [-0.2, 0) is 0 Å². The minimum absolute atomic E-state index is 0.597. The van der Waals surface area contributed by atoms with E-state index in [4.69, 9.17) is 19.4 Å². The van der Waals surface area contributed by atoms with Crippen LogP contribution in [0.25, 0.3) is 89.5 Å². The highest BCUT2D eigenvalue weighted by Crippen LogP contribution is 2.43. The van der Waals surface area contributed by atoms with Gasteiger partial charge in [-0.05, 0) is 46.0 Å². The molecular formula is C45H29N3O. The largest absolute Gasteiger partial charge is 0.455 e. The van der Waals surface area contributed by atoms with Gasteiger partial charge in [-0.25, -0.2) is 15.0 Å². The number of hydrogen-bond acceptors (Lipinski definition) is 4. The van der Waals surface area contributed by atoms with Gasteiger partial charge in [0.15, 0.2) is 17.5 Å². The molecule has 0 bridgehead atoms. The van der Waals surface area contributed by atoms with Crippen LogP contribution in [0.15, 0.2) is 180 Å². The molecule has 0 atom stereocenters. The molecule has 2 heterocycles. The van der Waals surface area contributed by atoms with Crippen molar-refractivity contribution in [3.63, 3.8) is 0 Å². The zero-order chi connectivity index (χ0) is 32.6. The van der Waals surface area contributed by atoms with Gasteiger partial charge < -0.3 is 4.42 Å². The summed E-state index contributed by atoms with van der Waals surface area (Å²) >= 11 is 0. The van der Waals surface area contributed by atoms with Crippen LogP contribution in [0.3, 0.4) is 0 Å². The molecule has 0 aliphatic carbocycles. The Labute approximate surface area is 284 Å². The Morgan fingerprint density at radius 2 is 0.796 bits per heavy atom. The van der Waals surface area contributed by atoms with Crippen molar-refractivity contribution < 1.29 is 4.42 Å². The first-order chi connectivity index (χ1) is 24.3. The Bertz CT molecular complexity index is 2500. The zero-order valence-electron chi connectivity index (χ0n) is 26.5. The van der Waals surface area contributed by atoms with Crippen LogP contribution >= 0.6 is 0 Å². The van der Waals surface area contributed by atoms with E-state index >= 15 is 0 Å². The van der Waals surface area contributed by atoms with Crippen molar-refractivity contribution in [1.82, 2.24) is 15.0 Å². The lowest BCUT2D eigenvalue weighted by Crippen LogP contribution is -2.00. The number of aromatic nitrogens is 3. The second kappa shape index (κ2) is 12.2. The fraction of sp³-hybridized carbons (Fsp3) is 0. The summed E-state index contributed by atoms with van der Waals surface area (Å²) in [5.74, 6) is 1.84. The van der Waals surface area contributed by atoms with Crippen molar-refractivity contribution in [2.75, 3.05) is 0 Å². The third-order valence-electron chi connectivity index (χ3n) is 8.95. The normalized spacial score (nSPS) is 11.3. The highest BCUT2D eigenvalue weighted by molar-refractivity contribution is 6.16. The summed E-state index contributed by atoms with van der Waals surface area (Å²) in [6, 6.07) is 60.4. The number of benzene rings is 7. The third kappa shape index (κ3) is 5.35. The number of hydrogen-bond donors (Lipinski definition) is 0. The quantitative estimate of drug-likeness (QED) is 0.184. The molecular weight excluding hydrogens is 599 g/mol. The van der Waals surface area contributed by atoms with Crippen molar-refractivity contribution in [3.8, 4) is 67.5 Å². The molecule has 0 saturated heterocycles. The van der Waals surface area contributed by atoms with E-state index in [2.05, 4.69) is 91.0 Å². The van der Waals surface area contributed by atoms with Gasteiger partial charge in [-0.2, -0.15) is 0 Å². The Kier molecular flexibility index (Phi) is 7.10. The summed E-state index contributed by atoms with van der Waals surface area (Å²) < 4.78 is 6.76. The molecule has 0 aliphatic heterocycles. The average Bonchev–Trinajstić information content (AvgIpc) is 3.58. The van der Waals surface area contributed by atoms with Crippen molar-refractivity contribution >= 4 is 21.9 Å². The Balaban J connectivity index is 1.29. The lowest BCUT2D eigenvalue weighted by Gasteiger charge is -2.10. The Hall–Kier alpha value is -6.65. The summed E-state index contributed by atoms with van der Waals surface area (Å²) in [4.78, 5) is 15.1. The maximum Gasteiger partial charge on any atom is 0.164 e. The third-order valence-corrected chi connectivity index (χ3v) is 8.95. The first-order valence-electron chi connectivity index (χ1n) is 16.4. The predicted molar refractivity (Wildman–Crippen MR) is 200 cm³/mol. The molecule has 0 saturated carbocycles. The standard InChI is InChI=1S/C45H29N3O/c1-5-14-30(15-6-1)32-24-26-33(27-25-32)38-28-36(31-16-7-2-8-17-31)29-39-41-37(22-13-23-40(41)49-42(38)39)45-47-43(34-18-9-3-10-19-34)46-44(48-45)35-20-11-4-12-21-35/h1-29H. The number of fused-ring (bicyclic) bond motifs is 3. The maximum absolute atomic E-state index is 6.76. The van der Waals surface area contributed by atoms with E-state index in [1.54, 1.807) is 0 Å². The summed E-state index contributed by atoms with van der Waals surface area (Å²) in [6.07, 6.45) is 0. The van der Waals surface area contributed by atoms with Gasteiger partial charge in [-0.1, -0.05) is 158 Å². The molecule has 0 N–H and O–H groups in total. The molecule has 0 spiro atoms. The molecule has 2 aromatic heterocycles. The number of furan rings is 1. The molecule has 0 radical (unpaired) electrons. The molecule has 9 rings (SSSR count). The minimum atomic E-state index is 0.597. The van der Waals surface area contributed by atoms with E-state index in [0.29, 0.717) is 17.5 Å². The van der Waals surface area contributed by atoms with Gasteiger partial charge in [0.25, 0.3) is 0 Å². The van der Waals surface area contributed by atoms with Crippen LogP contribution in [0.4, 0.5) is 0 Å². The second-order valence-electron chi connectivity index (χ2n) is 12.0. The molecule has 230 valence electrons. The van der Waals surface area contributed by atoms with Crippen molar-refractivity contribution in [2.24, 2.45) is 0 Å². The van der Waals surface area contributed by atoms with E-state index in [1.807, 2.05) is 84.9 Å². The highest BCUT2D eigenvalue weighted by Gasteiger charge is 2.21. The maximum atomic E-state index is 6.76. The highest BCUT2D eigenvalue weighted by atomic mass is 16.3. The lowest BCUT2D eigenvalue weighted by molar-refractivity contribution is 0.670. The van der Waals surface area contributed by atoms with Crippen molar-refractivity contribution in [2.45, 2.75) is 0 Å². The number of nitrogens with zero attached hydrogens (tertiary/aromatic N) is 3. The Morgan fingerprint density at radius 3 is 1.37 bits per heavy atom. The number of rotatable bonds is 6. The van der Waals surface area contributed by atoms with E-state index < -0.39 is 0 Å². The van der Waals surface area contributed by atoms with Gasteiger partial charge in [0.05, 0.1) is 0 Å². The molecule has 7 aromatic carbocycles. The van der Waals surface area contributed by atoms with E-state index in [-0.39, 0.29) is 0 Å². The lowest BCUT2D eigenvalue weighted by atomic mass is 9.94. The van der Waals surface area contributed by atoms with Crippen LogP contribution in [0, 0.1) is 0 Å². The van der Waals surface area contributed by atoms with Crippen LogP contribution < -0.4 is 0 Å². The summed E-state index contributed by atoms with van der Waals surface area (Å²) in [7, 11) is 0. The molecule has 4 heteroatoms. The molecule has 0 fully saturated rings. The molecule has 4 nitrogen and oxygen atoms in total. The first-order valence-corrected chi connectivity index (χ1v) is 16.4. The van der Waals surface area contributed by atoms with Gasteiger partial charge in [0.2, 0.25) is 0 Å². The van der Waals surface area contributed by atoms with Gasteiger partial charge >= 0.3 is 0 Å². The first kappa shape index (κ1) is 28.6. The van der Waals surface area contributed by atoms with Crippen molar-refractivity contribution in [1.29, 1.82) is 0 Å². The predicted octanol–water partition coefficient (Wildman–Crippen LogP) is 11.8. The van der Waals surface area contributed by atoms with Gasteiger partial charge in [-0.15, -0.1) is 0 Å². The van der Waals surface area contributed by atoms with Gasteiger partial charge in [0, 0.05) is 33.0 Å². The van der Waals surface area contributed by atoms with Crippen molar-refractivity contribution in [3.05, 3.63) is 176 Å². The zero-order valence-corrected chi connectivity index (χ0v) is 26.5. The van der Waals surface area contributed by atoms with Gasteiger partial charge in [-0.3, -0.25) is 0 Å². The van der Waals surface area contributed by atoms with Crippen LogP contribution in [0.1, 0.15) is 0 Å². The minimum Gasteiger partial charge on any atom is -0.455 e. The van der Waals surface area contributed by atoms with Crippen LogP contribution in [0.2, 0.25) is 0 Å². The topological polar surface area (TPSA) is 51.8 Å². The molecule has 0 unspecified atom stereocenters. The van der Waals surface area contributed by atoms with Crippen LogP contribution in [-0.4, -0.2) is 15.0 Å². The van der Waals surface area contributed by atoms with E-state index in [1.165, 1.54) is 11.1 Å². The molecule has 49 heavy (non-hydrogen) atoms. The SMILES string of the molecule is c1ccc(-c2ccc(-c3cc(-c4ccccc4)cc4c3oc3cccc(-c5nc(-c6ccccc6)nc(-c6ccccc6)n5)c34)cc2)cc1. The van der Waals surface area contributed by atoms with Gasteiger partial charge in [0.1, 0.15) is 11.2 Å². The molecule has 0 amide bonds. The smallest absolute Gasteiger partial charge is 0.164 e.